The standard InChI is InChI=1S/C34H34O7/c1-2-38-30(36)15-9-14-25-18-24-21-34(40-25,17-16-22-10-5-3-6-11-22)41-29-20-28-32(33(37)31(24)29)26(35)19-27(39-28)23-12-7-4-8-13-23/h3-8,10-13,16-17,20,24-25,27,37H,2,9,14-15,18-19,21H2,1H3/t24-,25+,27-,34-/m0/s1. The number of phenolic OH excluding ortho intramolecular Hbond substituents is 1. The monoisotopic (exact) mass is 554 g/mol. The minimum atomic E-state index is -1.07. The van der Waals surface area contributed by atoms with Crippen molar-refractivity contribution in [3.8, 4) is 17.2 Å². The van der Waals surface area contributed by atoms with E-state index in [4.69, 9.17) is 18.9 Å². The number of hydrogen-bond donors (Lipinski definition) is 1. The summed E-state index contributed by atoms with van der Waals surface area (Å²) in [6.07, 6.45) is 6.11. The molecule has 3 aliphatic heterocycles. The molecule has 2 bridgehead atoms. The second-order valence-electron chi connectivity index (χ2n) is 10.9. The number of carbonyl (C=O) groups is 2. The quantitative estimate of drug-likeness (QED) is 0.303. The largest absolute Gasteiger partial charge is 0.507 e. The summed E-state index contributed by atoms with van der Waals surface area (Å²) in [4.78, 5) is 25.3. The molecule has 4 atom stereocenters. The first-order chi connectivity index (χ1) is 19.9. The van der Waals surface area contributed by atoms with E-state index in [0.717, 1.165) is 11.1 Å². The van der Waals surface area contributed by atoms with Crippen LogP contribution in [0.3, 0.4) is 0 Å². The molecule has 3 aromatic carbocycles. The van der Waals surface area contributed by atoms with Crippen molar-refractivity contribution in [2.75, 3.05) is 6.61 Å². The van der Waals surface area contributed by atoms with Gasteiger partial charge in [0.1, 0.15) is 28.9 Å². The summed E-state index contributed by atoms with van der Waals surface area (Å²) in [6.45, 7) is 2.15. The van der Waals surface area contributed by atoms with Crippen molar-refractivity contribution < 1.29 is 33.6 Å². The van der Waals surface area contributed by atoms with Crippen molar-refractivity contribution in [2.45, 2.75) is 69.4 Å². The van der Waals surface area contributed by atoms with E-state index in [9.17, 15) is 14.7 Å². The van der Waals surface area contributed by atoms with Crippen LogP contribution in [0, 0.1) is 0 Å². The van der Waals surface area contributed by atoms with Gasteiger partial charge in [-0.05, 0) is 43.4 Å². The van der Waals surface area contributed by atoms with Crippen molar-refractivity contribution in [2.24, 2.45) is 0 Å². The zero-order valence-electron chi connectivity index (χ0n) is 23.1. The van der Waals surface area contributed by atoms with Gasteiger partial charge in [0.05, 0.1) is 19.1 Å². The van der Waals surface area contributed by atoms with Crippen LogP contribution in [0.4, 0.5) is 0 Å². The van der Waals surface area contributed by atoms with Crippen LogP contribution in [-0.2, 0) is 14.3 Å². The van der Waals surface area contributed by atoms with E-state index in [1.807, 2.05) is 72.8 Å². The van der Waals surface area contributed by atoms with Gasteiger partial charge in [0, 0.05) is 30.4 Å². The van der Waals surface area contributed by atoms with Crippen LogP contribution in [0.15, 0.2) is 72.8 Å². The fraction of sp³-hybridized carbons (Fsp3) is 0.353. The highest BCUT2D eigenvalue weighted by Gasteiger charge is 2.49. The topological polar surface area (TPSA) is 91.3 Å². The molecule has 0 saturated carbocycles. The van der Waals surface area contributed by atoms with Gasteiger partial charge in [-0.15, -0.1) is 0 Å². The Balaban J connectivity index is 1.33. The van der Waals surface area contributed by atoms with E-state index in [1.54, 1.807) is 13.0 Å². The molecule has 0 amide bonds. The van der Waals surface area contributed by atoms with Crippen LogP contribution in [0.25, 0.3) is 6.08 Å². The normalized spacial score (nSPS) is 24.6. The lowest BCUT2D eigenvalue weighted by Gasteiger charge is -2.47. The molecule has 1 saturated heterocycles. The maximum atomic E-state index is 13.3. The number of benzene rings is 3. The predicted molar refractivity (Wildman–Crippen MR) is 153 cm³/mol. The van der Waals surface area contributed by atoms with Crippen molar-refractivity contribution in [1.29, 1.82) is 0 Å². The third-order valence-electron chi connectivity index (χ3n) is 8.03. The van der Waals surface area contributed by atoms with Crippen molar-refractivity contribution in [1.82, 2.24) is 0 Å². The third-order valence-corrected chi connectivity index (χ3v) is 8.03. The summed E-state index contributed by atoms with van der Waals surface area (Å²) >= 11 is 0. The molecule has 3 aromatic rings. The molecule has 1 fully saturated rings. The van der Waals surface area contributed by atoms with Gasteiger partial charge in [-0.25, -0.2) is 0 Å². The predicted octanol–water partition coefficient (Wildman–Crippen LogP) is 6.90. The number of ether oxygens (including phenoxy) is 4. The molecule has 0 aromatic heterocycles. The van der Waals surface area contributed by atoms with E-state index in [1.165, 1.54) is 0 Å². The zero-order valence-corrected chi connectivity index (χ0v) is 23.1. The Labute approximate surface area is 239 Å². The molecule has 6 rings (SSSR count). The van der Waals surface area contributed by atoms with Crippen LogP contribution in [-0.4, -0.2) is 35.4 Å². The molecule has 7 nitrogen and oxygen atoms in total. The highest BCUT2D eigenvalue weighted by molar-refractivity contribution is 6.03. The van der Waals surface area contributed by atoms with Gasteiger partial charge in [-0.1, -0.05) is 66.7 Å². The number of phenols is 1. The summed E-state index contributed by atoms with van der Waals surface area (Å²) in [5, 5.41) is 11.5. The van der Waals surface area contributed by atoms with Crippen LogP contribution in [0.2, 0.25) is 0 Å². The number of fused-ring (bicyclic) bond motifs is 5. The average Bonchev–Trinajstić information content (AvgIpc) is 2.96. The number of esters is 1. The molecule has 3 heterocycles. The smallest absolute Gasteiger partial charge is 0.305 e. The van der Waals surface area contributed by atoms with Crippen molar-refractivity contribution in [3.05, 3.63) is 95.1 Å². The van der Waals surface area contributed by atoms with Gasteiger partial charge in [0.25, 0.3) is 0 Å². The maximum absolute atomic E-state index is 13.3. The lowest BCUT2D eigenvalue weighted by molar-refractivity contribution is -0.220. The van der Waals surface area contributed by atoms with Gasteiger partial charge < -0.3 is 24.1 Å². The van der Waals surface area contributed by atoms with Crippen LogP contribution >= 0.6 is 0 Å². The Morgan fingerprint density at radius 3 is 2.61 bits per heavy atom. The lowest BCUT2D eigenvalue weighted by atomic mass is 9.78. The Hall–Kier alpha value is -4.10. The van der Waals surface area contributed by atoms with E-state index in [0.29, 0.717) is 55.8 Å². The van der Waals surface area contributed by atoms with Gasteiger partial charge in [-0.3, -0.25) is 9.59 Å². The zero-order chi connectivity index (χ0) is 28.4. The molecular weight excluding hydrogens is 520 g/mol. The van der Waals surface area contributed by atoms with E-state index in [2.05, 4.69) is 0 Å². The molecule has 0 unspecified atom stereocenters. The van der Waals surface area contributed by atoms with E-state index >= 15 is 0 Å². The van der Waals surface area contributed by atoms with Gasteiger partial charge in [0.2, 0.25) is 5.79 Å². The molecule has 212 valence electrons. The SMILES string of the molecule is CCOC(=O)CCC[C@@H]1C[C@H]2C[C@](C=Cc3ccccc3)(Oc3cc4c(c(O)c32)C(=O)C[C@@H](c2ccccc2)O4)O1. The maximum Gasteiger partial charge on any atom is 0.305 e. The molecule has 0 aliphatic carbocycles. The Morgan fingerprint density at radius 2 is 1.85 bits per heavy atom. The van der Waals surface area contributed by atoms with Crippen molar-refractivity contribution >= 4 is 17.8 Å². The number of carbonyl (C=O) groups excluding carboxylic acids is 2. The van der Waals surface area contributed by atoms with Crippen LogP contribution < -0.4 is 9.47 Å². The minimum Gasteiger partial charge on any atom is -0.507 e. The Bertz CT molecular complexity index is 1450. The summed E-state index contributed by atoms with van der Waals surface area (Å²) in [5.74, 6) is -0.837. The first kappa shape index (κ1) is 27.1. The van der Waals surface area contributed by atoms with E-state index in [-0.39, 0.29) is 41.5 Å². The van der Waals surface area contributed by atoms with E-state index < -0.39 is 11.9 Å². The molecule has 7 heteroatoms. The molecule has 0 spiro atoms. The number of rotatable bonds is 8. The number of aromatic hydroxyl groups is 1. The molecule has 1 N–H and O–H groups in total. The highest BCUT2D eigenvalue weighted by Crippen LogP contribution is 2.56. The van der Waals surface area contributed by atoms with Crippen LogP contribution in [0.5, 0.6) is 17.2 Å². The van der Waals surface area contributed by atoms with Crippen molar-refractivity contribution in [3.63, 3.8) is 0 Å². The first-order valence-corrected chi connectivity index (χ1v) is 14.4. The third kappa shape index (κ3) is 5.59. The van der Waals surface area contributed by atoms with Gasteiger partial charge in [0.15, 0.2) is 5.78 Å². The highest BCUT2D eigenvalue weighted by atomic mass is 16.7. The molecule has 0 radical (unpaired) electrons. The fourth-order valence-corrected chi connectivity index (χ4v) is 6.20. The number of ketones is 1. The minimum absolute atomic E-state index is 0.0631. The molecular formula is C34H34O7. The Kier molecular flexibility index (Phi) is 7.54. The number of hydrogen-bond acceptors (Lipinski definition) is 7. The second kappa shape index (κ2) is 11.4. The van der Waals surface area contributed by atoms with Gasteiger partial charge >= 0.3 is 5.97 Å². The molecule has 3 aliphatic rings. The summed E-state index contributed by atoms with van der Waals surface area (Å²) < 4.78 is 24.5. The fourth-order valence-electron chi connectivity index (χ4n) is 6.20. The molecule has 41 heavy (non-hydrogen) atoms. The average molecular weight is 555 g/mol. The second-order valence-corrected chi connectivity index (χ2v) is 10.9. The number of Topliss-reactive ketones (excluding diaryl/α,β-unsaturated/α-hetero) is 1. The first-order valence-electron chi connectivity index (χ1n) is 14.4. The van der Waals surface area contributed by atoms with Crippen LogP contribution in [0.1, 0.15) is 84.5 Å². The summed E-state index contributed by atoms with van der Waals surface area (Å²) in [5.41, 5.74) is 2.75. The lowest BCUT2D eigenvalue weighted by Crippen LogP contribution is -2.49. The Morgan fingerprint density at radius 1 is 1.10 bits per heavy atom. The summed E-state index contributed by atoms with van der Waals surface area (Å²) in [7, 11) is 0. The van der Waals surface area contributed by atoms with Gasteiger partial charge in [-0.2, -0.15) is 0 Å². The summed E-state index contributed by atoms with van der Waals surface area (Å²) in [6, 6.07) is 21.3.